The molecule has 0 aliphatic carbocycles. The molecule has 2 nitrogen and oxygen atoms in total. The molecule has 0 fully saturated rings. The summed E-state index contributed by atoms with van der Waals surface area (Å²) in [5.41, 5.74) is 1.39. The van der Waals surface area contributed by atoms with Crippen LogP contribution in [0.4, 0.5) is 0 Å². The number of rotatable bonds is 2. The van der Waals surface area contributed by atoms with Gasteiger partial charge in [0.05, 0.1) is 16.4 Å². The van der Waals surface area contributed by atoms with E-state index < -0.39 is 0 Å². The van der Waals surface area contributed by atoms with Crippen LogP contribution in [-0.2, 0) is 4.74 Å². The van der Waals surface area contributed by atoms with Gasteiger partial charge in [0.1, 0.15) is 0 Å². The lowest BCUT2D eigenvalue weighted by Crippen LogP contribution is -2.05. The van der Waals surface area contributed by atoms with Crippen molar-refractivity contribution in [1.29, 1.82) is 0 Å². The van der Waals surface area contributed by atoms with Crippen molar-refractivity contribution in [3.8, 4) is 0 Å². The van der Waals surface area contributed by atoms with E-state index in [0.717, 1.165) is 10.0 Å². The zero-order chi connectivity index (χ0) is 10.7. The molecule has 14 heavy (non-hydrogen) atoms. The van der Waals surface area contributed by atoms with E-state index in [1.54, 1.807) is 12.1 Å². The van der Waals surface area contributed by atoms with E-state index in [-0.39, 0.29) is 9.71 Å². The average Bonchev–Trinajstić information content (AvgIpc) is 2.16. The van der Waals surface area contributed by atoms with Crippen LogP contribution in [0, 0.1) is 0 Å². The lowest BCUT2D eigenvalue weighted by atomic mass is 10.1. The van der Waals surface area contributed by atoms with E-state index >= 15 is 0 Å². The van der Waals surface area contributed by atoms with Crippen LogP contribution >= 0.6 is 47.8 Å². The van der Waals surface area contributed by atoms with Crippen molar-refractivity contribution >= 4 is 53.8 Å². The lowest BCUT2D eigenvalue weighted by molar-refractivity contribution is 0.0600. The van der Waals surface area contributed by atoms with E-state index in [1.807, 2.05) is 6.07 Å². The van der Waals surface area contributed by atoms with Crippen LogP contribution in [0.5, 0.6) is 0 Å². The maximum Gasteiger partial charge on any atom is 0.338 e. The summed E-state index contributed by atoms with van der Waals surface area (Å²) in [6, 6.07) is 5.39. The van der Waals surface area contributed by atoms with Crippen LogP contribution in [0.15, 0.2) is 22.7 Å². The standard InChI is InChI=1S/C9H7Br3O2/c1-14-9(13)6-3-2-5(10)4-7(6)8(11)12/h2-4,8H,1H3. The van der Waals surface area contributed by atoms with Gasteiger partial charge in [0.25, 0.3) is 0 Å². The highest BCUT2D eigenvalue weighted by Crippen LogP contribution is 2.33. The van der Waals surface area contributed by atoms with E-state index in [1.165, 1.54) is 7.11 Å². The first-order chi connectivity index (χ1) is 6.56. The summed E-state index contributed by atoms with van der Waals surface area (Å²) in [6.45, 7) is 0. The van der Waals surface area contributed by atoms with Gasteiger partial charge in [-0.25, -0.2) is 4.79 Å². The summed E-state index contributed by atoms with van der Waals surface area (Å²) in [7, 11) is 1.37. The molecule has 0 spiro atoms. The van der Waals surface area contributed by atoms with Crippen LogP contribution in [0.3, 0.4) is 0 Å². The molecule has 0 saturated carbocycles. The van der Waals surface area contributed by atoms with Crippen molar-refractivity contribution in [1.82, 2.24) is 0 Å². The number of benzene rings is 1. The molecule has 1 aromatic carbocycles. The summed E-state index contributed by atoms with van der Waals surface area (Å²) in [4.78, 5) is 11.4. The van der Waals surface area contributed by atoms with Crippen molar-refractivity contribution in [2.45, 2.75) is 3.74 Å². The minimum absolute atomic E-state index is 0.0680. The fourth-order valence-electron chi connectivity index (χ4n) is 1.01. The molecule has 5 heteroatoms. The summed E-state index contributed by atoms with van der Waals surface area (Å²) >= 11 is 10.0. The third kappa shape index (κ3) is 2.81. The Bertz CT molecular complexity index is 350. The highest BCUT2D eigenvalue weighted by Gasteiger charge is 2.15. The summed E-state index contributed by atoms with van der Waals surface area (Å²) < 4.78 is 5.52. The lowest BCUT2D eigenvalue weighted by Gasteiger charge is -2.09. The molecule has 0 heterocycles. The van der Waals surface area contributed by atoms with Gasteiger partial charge in [-0.05, 0) is 23.8 Å². The van der Waals surface area contributed by atoms with Crippen LogP contribution in [-0.4, -0.2) is 13.1 Å². The largest absolute Gasteiger partial charge is 0.465 e. The highest BCUT2D eigenvalue weighted by molar-refractivity contribution is 9.24. The van der Waals surface area contributed by atoms with E-state index in [9.17, 15) is 4.79 Å². The fraction of sp³-hybridized carbons (Fsp3) is 0.222. The van der Waals surface area contributed by atoms with Crippen molar-refractivity contribution in [2.75, 3.05) is 7.11 Å². The first kappa shape index (κ1) is 12.2. The molecule has 0 aliphatic heterocycles. The number of ether oxygens (including phenoxy) is 1. The Balaban J connectivity index is 3.21. The number of hydrogen-bond acceptors (Lipinski definition) is 2. The number of esters is 1. The van der Waals surface area contributed by atoms with Gasteiger partial charge in [-0.1, -0.05) is 47.8 Å². The minimum atomic E-state index is -0.337. The smallest absolute Gasteiger partial charge is 0.338 e. The highest BCUT2D eigenvalue weighted by atomic mass is 79.9. The number of methoxy groups -OCH3 is 1. The van der Waals surface area contributed by atoms with Crippen LogP contribution < -0.4 is 0 Å². The van der Waals surface area contributed by atoms with Crippen molar-refractivity contribution < 1.29 is 9.53 Å². The Kier molecular flexibility index (Phi) is 4.60. The maximum atomic E-state index is 11.4. The first-order valence-corrected chi connectivity index (χ1v) is 6.34. The van der Waals surface area contributed by atoms with Crippen LogP contribution in [0.2, 0.25) is 0 Å². The van der Waals surface area contributed by atoms with Crippen molar-refractivity contribution in [2.24, 2.45) is 0 Å². The topological polar surface area (TPSA) is 26.3 Å². The first-order valence-electron chi connectivity index (χ1n) is 3.72. The molecule has 0 atom stereocenters. The van der Waals surface area contributed by atoms with E-state index in [0.29, 0.717) is 5.56 Å². The van der Waals surface area contributed by atoms with Gasteiger partial charge in [-0.3, -0.25) is 0 Å². The van der Waals surface area contributed by atoms with Gasteiger partial charge in [0, 0.05) is 4.47 Å². The summed E-state index contributed by atoms with van der Waals surface area (Å²) in [5, 5.41) is 0. The monoisotopic (exact) mass is 384 g/mol. The Morgan fingerprint density at radius 3 is 2.57 bits per heavy atom. The van der Waals surface area contributed by atoms with Gasteiger partial charge in [0.15, 0.2) is 0 Å². The third-order valence-corrected chi connectivity index (χ3v) is 3.13. The van der Waals surface area contributed by atoms with E-state index in [4.69, 9.17) is 0 Å². The molecule has 0 unspecified atom stereocenters. The van der Waals surface area contributed by atoms with Gasteiger partial charge in [-0.15, -0.1) is 0 Å². The third-order valence-electron chi connectivity index (χ3n) is 1.65. The Morgan fingerprint density at radius 1 is 1.43 bits per heavy atom. The number of carbonyl (C=O) groups excluding carboxylic acids is 1. The van der Waals surface area contributed by atoms with Gasteiger partial charge in [-0.2, -0.15) is 0 Å². The summed E-state index contributed by atoms with van der Waals surface area (Å²) in [5.74, 6) is -0.337. The zero-order valence-corrected chi connectivity index (χ0v) is 12.0. The molecule has 0 radical (unpaired) electrons. The fourth-order valence-corrected chi connectivity index (χ4v) is 2.15. The Hall–Kier alpha value is 0.130. The number of alkyl halides is 2. The number of halogens is 3. The van der Waals surface area contributed by atoms with Crippen LogP contribution in [0.1, 0.15) is 19.7 Å². The van der Waals surface area contributed by atoms with E-state index in [2.05, 4.69) is 52.5 Å². The van der Waals surface area contributed by atoms with Crippen molar-refractivity contribution in [3.05, 3.63) is 33.8 Å². The number of carbonyl (C=O) groups is 1. The predicted molar refractivity (Wildman–Crippen MR) is 66.1 cm³/mol. The Labute approximate surface area is 107 Å². The second-order valence-electron chi connectivity index (χ2n) is 2.52. The van der Waals surface area contributed by atoms with Crippen LogP contribution in [0.25, 0.3) is 0 Å². The predicted octanol–water partition coefficient (Wildman–Crippen LogP) is 4.02. The molecule has 0 amide bonds. The molecule has 76 valence electrons. The quantitative estimate of drug-likeness (QED) is 0.566. The molecule has 0 saturated heterocycles. The van der Waals surface area contributed by atoms with Gasteiger partial charge in [0.2, 0.25) is 0 Å². The SMILES string of the molecule is COC(=O)c1ccc(Br)cc1C(Br)Br. The molecule has 0 N–H and O–H groups in total. The minimum Gasteiger partial charge on any atom is -0.465 e. The molecule has 0 aliphatic rings. The normalized spacial score (nSPS) is 10.4. The molecular formula is C9H7Br3O2. The van der Waals surface area contributed by atoms with Gasteiger partial charge >= 0.3 is 5.97 Å². The molecule has 1 aromatic rings. The molecule has 0 bridgehead atoms. The maximum absolute atomic E-state index is 11.4. The molecular weight excluding hydrogens is 380 g/mol. The van der Waals surface area contributed by atoms with Gasteiger partial charge < -0.3 is 4.74 Å². The molecule has 0 aromatic heterocycles. The second-order valence-corrected chi connectivity index (χ2v) is 6.50. The zero-order valence-electron chi connectivity index (χ0n) is 7.26. The molecule has 1 rings (SSSR count). The average molecular weight is 387 g/mol. The second kappa shape index (κ2) is 5.28. The Morgan fingerprint density at radius 2 is 2.07 bits per heavy atom. The number of hydrogen-bond donors (Lipinski definition) is 0. The van der Waals surface area contributed by atoms with Crippen molar-refractivity contribution in [3.63, 3.8) is 0 Å². The summed E-state index contributed by atoms with van der Waals surface area (Å²) in [6.07, 6.45) is 0.